The van der Waals surface area contributed by atoms with Gasteiger partial charge in [0.05, 0.1) is 6.04 Å². The van der Waals surface area contributed by atoms with E-state index in [1.165, 1.54) is 5.69 Å². The summed E-state index contributed by atoms with van der Waals surface area (Å²) >= 11 is 0. The molecule has 2 aromatic rings. The maximum atomic E-state index is 13.7. The van der Waals surface area contributed by atoms with E-state index in [0.717, 1.165) is 36.1 Å². The molecule has 0 bridgehead atoms. The van der Waals surface area contributed by atoms with Crippen LogP contribution in [0.1, 0.15) is 57.8 Å². The first-order valence-corrected chi connectivity index (χ1v) is 11.5. The molecule has 4 aliphatic rings. The second kappa shape index (κ2) is 7.58. The molecule has 1 amide bonds. The standard InChI is InChI=1S/C27H25FN2O3/c28-18-9-7-15(8-10-18)25-21-6-2-5-20(21)23-12-17(27(33)29-13-24(31)32)11-22-19-4-1-3-16(19)14-30(25)26(22)23/h1-2,4-5,7-12,16,19-21,25H,3,6,13-14H2,(H,29,33)(H,31,32)/t16-,19+,20+,21+,25-/m1/s1. The summed E-state index contributed by atoms with van der Waals surface area (Å²) in [6.45, 7) is 0.523. The van der Waals surface area contributed by atoms with Gasteiger partial charge in [0.25, 0.3) is 5.91 Å². The minimum Gasteiger partial charge on any atom is -0.480 e. The second-order valence-electron chi connectivity index (χ2n) is 9.53. The lowest BCUT2D eigenvalue weighted by Crippen LogP contribution is -2.46. The van der Waals surface area contributed by atoms with Gasteiger partial charge in [-0.05, 0) is 65.6 Å². The summed E-state index contributed by atoms with van der Waals surface area (Å²) in [5.74, 6) is -0.500. The van der Waals surface area contributed by atoms with E-state index in [-0.39, 0.29) is 29.6 Å². The van der Waals surface area contributed by atoms with Crippen LogP contribution in [0.15, 0.2) is 60.7 Å². The Morgan fingerprint density at radius 1 is 1.03 bits per heavy atom. The lowest BCUT2D eigenvalue weighted by atomic mass is 9.70. The highest BCUT2D eigenvalue weighted by atomic mass is 19.1. The van der Waals surface area contributed by atoms with Crippen LogP contribution in [0.2, 0.25) is 0 Å². The normalized spacial score (nSPS) is 28.3. The van der Waals surface area contributed by atoms with Gasteiger partial charge in [-0.15, -0.1) is 0 Å². The first kappa shape index (κ1) is 20.2. The van der Waals surface area contributed by atoms with E-state index in [9.17, 15) is 14.0 Å². The van der Waals surface area contributed by atoms with Crippen LogP contribution in [0.5, 0.6) is 0 Å². The average molecular weight is 445 g/mol. The second-order valence-corrected chi connectivity index (χ2v) is 9.53. The van der Waals surface area contributed by atoms with Crippen LogP contribution in [0.25, 0.3) is 0 Å². The van der Waals surface area contributed by atoms with Crippen molar-refractivity contribution in [3.05, 3.63) is 88.8 Å². The summed E-state index contributed by atoms with van der Waals surface area (Å²) in [4.78, 5) is 26.3. The monoisotopic (exact) mass is 444 g/mol. The molecular formula is C27H25FN2O3. The van der Waals surface area contributed by atoms with E-state index < -0.39 is 12.5 Å². The molecule has 2 aliphatic carbocycles. The van der Waals surface area contributed by atoms with Crippen molar-refractivity contribution < 1.29 is 19.1 Å². The van der Waals surface area contributed by atoms with E-state index in [4.69, 9.17) is 5.11 Å². The minimum atomic E-state index is -1.06. The van der Waals surface area contributed by atoms with Crippen molar-refractivity contribution in [3.63, 3.8) is 0 Å². The molecule has 0 fully saturated rings. The van der Waals surface area contributed by atoms with Gasteiger partial charge < -0.3 is 15.3 Å². The van der Waals surface area contributed by atoms with Crippen molar-refractivity contribution in [2.24, 2.45) is 11.8 Å². The molecule has 5 nitrogen and oxygen atoms in total. The highest BCUT2D eigenvalue weighted by Crippen LogP contribution is 2.58. The largest absolute Gasteiger partial charge is 0.480 e. The fraction of sp³-hybridized carbons (Fsp3) is 0.333. The molecule has 0 radical (unpaired) electrons. The number of hydrogen-bond acceptors (Lipinski definition) is 3. The lowest BCUT2D eigenvalue weighted by Gasteiger charge is -2.51. The molecule has 6 rings (SSSR count). The highest BCUT2D eigenvalue weighted by molar-refractivity contribution is 5.97. The van der Waals surface area contributed by atoms with Gasteiger partial charge in [0.1, 0.15) is 12.4 Å². The Kier molecular flexibility index (Phi) is 4.64. The van der Waals surface area contributed by atoms with Crippen molar-refractivity contribution in [2.75, 3.05) is 18.0 Å². The molecular weight excluding hydrogens is 419 g/mol. The van der Waals surface area contributed by atoms with E-state index in [1.807, 2.05) is 24.3 Å². The van der Waals surface area contributed by atoms with Gasteiger partial charge in [-0.3, -0.25) is 9.59 Å². The molecule has 2 N–H and O–H groups in total. The number of carboxylic acid groups (broad SMARTS) is 1. The van der Waals surface area contributed by atoms with Gasteiger partial charge >= 0.3 is 5.97 Å². The molecule has 0 saturated carbocycles. The van der Waals surface area contributed by atoms with Crippen LogP contribution < -0.4 is 10.2 Å². The van der Waals surface area contributed by atoms with E-state index in [1.54, 1.807) is 12.1 Å². The van der Waals surface area contributed by atoms with Gasteiger partial charge in [-0.1, -0.05) is 36.4 Å². The Labute approximate surface area is 191 Å². The molecule has 2 aromatic carbocycles. The number of fused-ring (bicyclic) bond motifs is 4. The number of halogens is 1. The number of nitrogens with zero attached hydrogens (tertiary/aromatic N) is 1. The van der Waals surface area contributed by atoms with Gasteiger partial charge in [0.15, 0.2) is 0 Å². The number of amides is 1. The van der Waals surface area contributed by atoms with Crippen LogP contribution in [-0.2, 0) is 4.79 Å². The number of carbonyl (C=O) groups excluding carboxylic acids is 1. The summed E-state index contributed by atoms with van der Waals surface area (Å²) in [5, 5.41) is 11.5. The molecule has 2 aliphatic heterocycles. The number of nitrogens with one attached hydrogen (secondary N) is 1. The molecule has 6 heteroatoms. The number of aliphatic carboxylic acids is 1. The van der Waals surface area contributed by atoms with Crippen LogP contribution >= 0.6 is 0 Å². The number of benzene rings is 2. The molecule has 2 heterocycles. The van der Waals surface area contributed by atoms with Crippen LogP contribution in [0, 0.1) is 17.7 Å². The molecule has 0 unspecified atom stereocenters. The summed E-state index contributed by atoms with van der Waals surface area (Å²) in [5.41, 5.74) is 5.12. The highest BCUT2D eigenvalue weighted by Gasteiger charge is 2.48. The third-order valence-electron chi connectivity index (χ3n) is 7.72. The number of anilines is 1. The number of carbonyl (C=O) groups is 2. The first-order valence-electron chi connectivity index (χ1n) is 11.5. The maximum absolute atomic E-state index is 13.7. The number of carboxylic acids is 1. The van der Waals surface area contributed by atoms with Crippen LogP contribution in [-0.4, -0.2) is 30.1 Å². The van der Waals surface area contributed by atoms with Gasteiger partial charge in [-0.2, -0.15) is 0 Å². The predicted octanol–water partition coefficient (Wildman–Crippen LogP) is 4.53. The maximum Gasteiger partial charge on any atom is 0.322 e. The molecule has 33 heavy (non-hydrogen) atoms. The zero-order valence-corrected chi connectivity index (χ0v) is 18.1. The first-order chi connectivity index (χ1) is 16.0. The topological polar surface area (TPSA) is 69.6 Å². The molecule has 0 saturated heterocycles. The third kappa shape index (κ3) is 3.19. The van der Waals surface area contributed by atoms with Gasteiger partial charge in [0, 0.05) is 29.6 Å². The Hall–Kier alpha value is -3.41. The Morgan fingerprint density at radius 2 is 1.73 bits per heavy atom. The molecule has 5 atom stereocenters. The fourth-order valence-corrected chi connectivity index (χ4v) is 6.40. The fourth-order valence-electron chi connectivity index (χ4n) is 6.40. The van der Waals surface area contributed by atoms with Crippen molar-refractivity contribution in [1.29, 1.82) is 0 Å². The van der Waals surface area contributed by atoms with Gasteiger partial charge in [-0.25, -0.2) is 4.39 Å². The minimum absolute atomic E-state index is 0.144. The van der Waals surface area contributed by atoms with Crippen molar-refractivity contribution >= 4 is 17.6 Å². The SMILES string of the molecule is O=C(O)CNC(=O)c1cc2c3c(c1)[C@H]1C=CC[C@@H]1[C@@H](c1ccc(F)cc1)N3C[C@H]1CC=C[C@H]21. The van der Waals surface area contributed by atoms with E-state index in [0.29, 0.717) is 17.4 Å². The van der Waals surface area contributed by atoms with Crippen molar-refractivity contribution in [2.45, 2.75) is 30.7 Å². The number of rotatable bonds is 4. The van der Waals surface area contributed by atoms with Gasteiger partial charge in [0.2, 0.25) is 0 Å². The average Bonchev–Trinajstić information content (AvgIpc) is 3.48. The zero-order chi connectivity index (χ0) is 22.7. The van der Waals surface area contributed by atoms with Crippen molar-refractivity contribution in [1.82, 2.24) is 5.32 Å². The summed E-state index contributed by atoms with van der Waals surface area (Å²) in [6, 6.07) is 11.0. The lowest BCUT2D eigenvalue weighted by molar-refractivity contribution is -0.135. The summed E-state index contributed by atoms with van der Waals surface area (Å²) in [7, 11) is 0. The van der Waals surface area contributed by atoms with Crippen molar-refractivity contribution in [3.8, 4) is 0 Å². The predicted molar refractivity (Wildman–Crippen MR) is 123 cm³/mol. The molecule has 168 valence electrons. The summed E-state index contributed by atoms with van der Waals surface area (Å²) in [6.07, 6.45) is 10.9. The van der Waals surface area contributed by atoms with Crippen LogP contribution in [0.3, 0.4) is 0 Å². The Morgan fingerprint density at radius 3 is 2.48 bits per heavy atom. The molecule has 0 aromatic heterocycles. The zero-order valence-electron chi connectivity index (χ0n) is 18.1. The molecule has 0 spiro atoms. The quantitative estimate of drug-likeness (QED) is 0.680. The van der Waals surface area contributed by atoms with Crippen LogP contribution in [0.4, 0.5) is 10.1 Å². The third-order valence-corrected chi connectivity index (χ3v) is 7.72. The van der Waals surface area contributed by atoms with E-state index in [2.05, 4.69) is 34.5 Å². The Bertz CT molecular complexity index is 1190. The Balaban J connectivity index is 1.51. The smallest absolute Gasteiger partial charge is 0.322 e. The summed E-state index contributed by atoms with van der Waals surface area (Å²) < 4.78 is 13.7. The van der Waals surface area contributed by atoms with E-state index >= 15 is 0 Å². The number of allylic oxidation sites excluding steroid dienone is 4. The number of hydrogen-bond donors (Lipinski definition) is 2.